The van der Waals surface area contributed by atoms with Crippen LogP contribution in [0.3, 0.4) is 0 Å². The molecule has 2 bridgehead atoms. The molecule has 5 heteroatoms. The van der Waals surface area contributed by atoms with Gasteiger partial charge in [-0.25, -0.2) is 0 Å². The van der Waals surface area contributed by atoms with Crippen molar-refractivity contribution in [1.82, 2.24) is 10.1 Å². The Bertz CT molecular complexity index is 679. The predicted molar refractivity (Wildman–Crippen MR) is 75.3 cm³/mol. The lowest BCUT2D eigenvalue weighted by molar-refractivity contribution is 0.0973. The van der Waals surface area contributed by atoms with Crippen molar-refractivity contribution < 1.29 is 4.52 Å². The smallest absolute Gasteiger partial charge is 0.177 e. The molecular weight excluding hydrogens is 252 g/mol. The summed E-state index contributed by atoms with van der Waals surface area (Å²) in [4.78, 5) is 2.51. The Labute approximate surface area is 117 Å². The van der Waals surface area contributed by atoms with Gasteiger partial charge in [0.15, 0.2) is 11.4 Å². The summed E-state index contributed by atoms with van der Waals surface area (Å²) in [5, 5.41) is 17.5. The minimum atomic E-state index is 0.460. The first-order valence-corrected chi connectivity index (χ1v) is 7.12. The molecule has 1 atom stereocenters. The van der Waals surface area contributed by atoms with E-state index in [0.717, 1.165) is 23.7 Å². The van der Waals surface area contributed by atoms with Crippen molar-refractivity contribution in [2.45, 2.75) is 18.9 Å². The van der Waals surface area contributed by atoms with Gasteiger partial charge in [0.25, 0.3) is 0 Å². The van der Waals surface area contributed by atoms with E-state index in [4.69, 9.17) is 9.78 Å². The summed E-state index contributed by atoms with van der Waals surface area (Å²) in [5.74, 6) is 1.55. The average molecular weight is 268 g/mol. The second kappa shape index (κ2) is 4.50. The minimum Gasteiger partial charge on any atom is -0.362 e. The van der Waals surface area contributed by atoms with E-state index in [2.05, 4.69) is 21.4 Å². The van der Waals surface area contributed by atoms with Crippen LogP contribution in [-0.2, 0) is 0 Å². The Hall–Kier alpha value is -2.06. The SMILES string of the molecule is N#Cc1ccc2c(NC3CN4CCC3CC4)noc2c1. The number of anilines is 1. The van der Waals surface area contributed by atoms with Crippen LogP contribution in [0.15, 0.2) is 22.7 Å². The number of nitrogens with one attached hydrogen (secondary N) is 1. The van der Waals surface area contributed by atoms with Crippen molar-refractivity contribution in [2.24, 2.45) is 5.92 Å². The summed E-state index contributed by atoms with van der Waals surface area (Å²) >= 11 is 0. The second-order valence-electron chi connectivity index (χ2n) is 5.74. The molecule has 1 aromatic carbocycles. The number of fused-ring (bicyclic) bond motifs is 4. The fourth-order valence-electron chi connectivity index (χ4n) is 3.42. The van der Waals surface area contributed by atoms with Gasteiger partial charge in [0.05, 0.1) is 17.0 Å². The van der Waals surface area contributed by atoms with Crippen molar-refractivity contribution in [2.75, 3.05) is 25.0 Å². The van der Waals surface area contributed by atoms with Gasteiger partial charge in [0.1, 0.15) is 0 Å². The Morgan fingerprint density at radius 2 is 2.20 bits per heavy atom. The summed E-state index contributed by atoms with van der Waals surface area (Å²) in [6, 6.07) is 8.03. The Balaban J connectivity index is 1.61. The van der Waals surface area contributed by atoms with Gasteiger partial charge in [0.2, 0.25) is 0 Å². The molecule has 0 spiro atoms. The number of piperidine rings is 3. The standard InChI is InChI=1S/C15H16N4O/c16-8-10-1-2-12-14(7-10)20-18-15(12)17-13-9-19-5-3-11(13)4-6-19/h1-2,7,11,13H,3-6,9H2,(H,17,18). The highest BCUT2D eigenvalue weighted by atomic mass is 16.5. The van der Waals surface area contributed by atoms with Crippen LogP contribution in [0.4, 0.5) is 5.82 Å². The molecule has 3 saturated heterocycles. The third-order valence-corrected chi connectivity index (χ3v) is 4.58. The molecule has 1 aromatic heterocycles. The molecule has 0 aliphatic carbocycles. The van der Waals surface area contributed by atoms with Gasteiger partial charge in [-0.2, -0.15) is 5.26 Å². The Kier molecular flexibility index (Phi) is 2.64. The van der Waals surface area contributed by atoms with Crippen LogP contribution in [0.1, 0.15) is 18.4 Å². The first-order chi connectivity index (χ1) is 9.83. The van der Waals surface area contributed by atoms with E-state index < -0.39 is 0 Å². The molecule has 1 unspecified atom stereocenters. The van der Waals surface area contributed by atoms with Crippen molar-refractivity contribution in [3.05, 3.63) is 23.8 Å². The van der Waals surface area contributed by atoms with Crippen LogP contribution in [0.2, 0.25) is 0 Å². The fraction of sp³-hybridized carbons (Fsp3) is 0.467. The maximum absolute atomic E-state index is 8.90. The van der Waals surface area contributed by atoms with Gasteiger partial charge in [-0.3, -0.25) is 0 Å². The molecular formula is C15H16N4O. The summed E-state index contributed by atoms with van der Waals surface area (Å²) in [6.45, 7) is 3.55. The zero-order chi connectivity index (χ0) is 13.5. The lowest BCUT2D eigenvalue weighted by Gasteiger charge is -2.44. The van der Waals surface area contributed by atoms with E-state index in [1.165, 1.54) is 25.9 Å². The van der Waals surface area contributed by atoms with E-state index in [-0.39, 0.29) is 0 Å². The van der Waals surface area contributed by atoms with E-state index in [1.807, 2.05) is 6.07 Å². The van der Waals surface area contributed by atoms with Crippen molar-refractivity contribution in [1.29, 1.82) is 5.26 Å². The largest absolute Gasteiger partial charge is 0.362 e. The predicted octanol–water partition coefficient (Wildman–Crippen LogP) is 2.21. The summed E-state index contributed by atoms with van der Waals surface area (Å²) in [7, 11) is 0. The second-order valence-corrected chi connectivity index (χ2v) is 5.74. The fourth-order valence-corrected chi connectivity index (χ4v) is 3.42. The maximum Gasteiger partial charge on any atom is 0.177 e. The molecule has 5 rings (SSSR count). The monoisotopic (exact) mass is 268 g/mol. The number of benzene rings is 1. The molecule has 3 aliphatic rings. The molecule has 3 fully saturated rings. The van der Waals surface area contributed by atoms with Gasteiger partial charge in [-0.05, 0) is 44.0 Å². The van der Waals surface area contributed by atoms with E-state index in [1.54, 1.807) is 12.1 Å². The van der Waals surface area contributed by atoms with Crippen molar-refractivity contribution in [3.63, 3.8) is 0 Å². The van der Waals surface area contributed by atoms with Gasteiger partial charge >= 0.3 is 0 Å². The summed E-state index contributed by atoms with van der Waals surface area (Å²) < 4.78 is 5.34. The lowest BCUT2D eigenvalue weighted by Crippen LogP contribution is -2.53. The highest BCUT2D eigenvalue weighted by Gasteiger charge is 2.34. The topological polar surface area (TPSA) is 65.1 Å². The average Bonchev–Trinajstić information content (AvgIpc) is 2.91. The minimum absolute atomic E-state index is 0.460. The van der Waals surface area contributed by atoms with E-state index >= 15 is 0 Å². The highest BCUT2D eigenvalue weighted by Crippen LogP contribution is 2.31. The molecule has 2 aromatic rings. The third kappa shape index (κ3) is 1.84. The first kappa shape index (κ1) is 11.7. The number of nitrogens with zero attached hydrogens (tertiary/aromatic N) is 3. The highest BCUT2D eigenvalue weighted by molar-refractivity contribution is 5.89. The van der Waals surface area contributed by atoms with Crippen LogP contribution in [-0.4, -0.2) is 35.7 Å². The zero-order valence-electron chi connectivity index (χ0n) is 11.2. The molecule has 1 N–H and O–H groups in total. The van der Waals surface area contributed by atoms with Gasteiger partial charge in [-0.1, -0.05) is 5.16 Å². The summed E-state index contributed by atoms with van der Waals surface area (Å²) in [6.07, 6.45) is 2.54. The molecule has 0 amide bonds. The van der Waals surface area contributed by atoms with Crippen LogP contribution in [0.5, 0.6) is 0 Å². The van der Waals surface area contributed by atoms with Crippen molar-refractivity contribution >= 4 is 16.8 Å². The van der Waals surface area contributed by atoms with Crippen LogP contribution >= 0.6 is 0 Å². The van der Waals surface area contributed by atoms with Gasteiger partial charge < -0.3 is 14.7 Å². The Morgan fingerprint density at radius 3 is 2.90 bits per heavy atom. The maximum atomic E-state index is 8.90. The number of rotatable bonds is 2. The molecule has 0 saturated carbocycles. The normalized spacial score (nSPS) is 28.4. The lowest BCUT2D eigenvalue weighted by atomic mass is 9.84. The number of nitriles is 1. The number of aromatic nitrogens is 1. The van der Waals surface area contributed by atoms with Gasteiger partial charge in [0, 0.05) is 18.7 Å². The molecule has 3 aliphatic heterocycles. The van der Waals surface area contributed by atoms with Gasteiger partial charge in [-0.15, -0.1) is 0 Å². The molecule has 20 heavy (non-hydrogen) atoms. The van der Waals surface area contributed by atoms with Crippen LogP contribution in [0.25, 0.3) is 11.0 Å². The summed E-state index contributed by atoms with van der Waals surface area (Å²) in [5.41, 5.74) is 1.27. The van der Waals surface area contributed by atoms with E-state index in [9.17, 15) is 0 Å². The van der Waals surface area contributed by atoms with Crippen molar-refractivity contribution in [3.8, 4) is 6.07 Å². The number of hydrogen-bond acceptors (Lipinski definition) is 5. The molecule has 5 nitrogen and oxygen atoms in total. The van der Waals surface area contributed by atoms with Crippen LogP contribution < -0.4 is 5.32 Å². The first-order valence-electron chi connectivity index (χ1n) is 7.12. The molecule has 0 radical (unpaired) electrons. The quantitative estimate of drug-likeness (QED) is 0.904. The Morgan fingerprint density at radius 1 is 1.35 bits per heavy atom. The molecule has 102 valence electrons. The van der Waals surface area contributed by atoms with E-state index in [0.29, 0.717) is 17.2 Å². The van der Waals surface area contributed by atoms with Crippen LogP contribution in [0, 0.1) is 17.2 Å². The number of hydrogen-bond donors (Lipinski definition) is 1. The third-order valence-electron chi connectivity index (χ3n) is 4.58. The molecule has 4 heterocycles. The zero-order valence-corrected chi connectivity index (χ0v) is 11.2.